The average molecular weight is 258 g/mol. The van der Waals surface area contributed by atoms with Gasteiger partial charge in [0, 0.05) is 11.8 Å². The topological polar surface area (TPSA) is 72.3 Å². The first kappa shape index (κ1) is 13.0. The van der Waals surface area contributed by atoms with Crippen molar-refractivity contribution in [3.63, 3.8) is 0 Å². The second-order valence-electron chi connectivity index (χ2n) is 3.98. The van der Waals surface area contributed by atoms with E-state index in [0.717, 1.165) is 16.9 Å². The van der Waals surface area contributed by atoms with Crippen molar-refractivity contribution >= 4 is 5.97 Å². The molecule has 0 saturated carbocycles. The number of aryl methyl sites for hydroxylation is 1. The third-order valence-electron chi connectivity index (χ3n) is 2.62. The number of aromatic nitrogens is 2. The van der Waals surface area contributed by atoms with Crippen LogP contribution in [0.4, 0.5) is 0 Å². The lowest BCUT2D eigenvalue weighted by atomic mass is 10.1. The Labute approximate surface area is 110 Å². The summed E-state index contributed by atoms with van der Waals surface area (Å²) >= 11 is 0. The molecule has 5 heteroatoms. The van der Waals surface area contributed by atoms with Gasteiger partial charge in [-0.05, 0) is 43.7 Å². The van der Waals surface area contributed by atoms with E-state index in [1.807, 2.05) is 32.0 Å². The minimum atomic E-state index is -1.13. The van der Waals surface area contributed by atoms with Crippen molar-refractivity contribution in [1.82, 2.24) is 9.97 Å². The summed E-state index contributed by atoms with van der Waals surface area (Å²) < 4.78 is 5.46. The van der Waals surface area contributed by atoms with Crippen LogP contribution < -0.4 is 4.74 Å². The molecule has 1 aromatic carbocycles. The van der Waals surface area contributed by atoms with Crippen molar-refractivity contribution in [3.8, 4) is 17.0 Å². The first-order chi connectivity index (χ1) is 9.11. The van der Waals surface area contributed by atoms with Gasteiger partial charge in [0.05, 0.1) is 12.3 Å². The molecular formula is C14H14N2O3. The number of carboxylic acids is 1. The molecule has 0 fully saturated rings. The predicted molar refractivity (Wildman–Crippen MR) is 70.3 cm³/mol. The molecule has 1 N–H and O–H groups in total. The third-order valence-corrected chi connectivity index (χ3v) is 2.62. The van der Waals surface area contributed by atoms with Gasteiger partial charge in [0.15, 0.2) is 0 Å². The molecule has 0 radical (unpaired) electrons. The average Bonchev–Trinajstić information content (AvgIpc) is 2.41. The monoisotopic (exact) mass is 258 g/mol. The summed E-state index contributed by atoms with van der Waals surface area (Å²) in [5.41, 5.74) is 2.40. The smallest absolute Gasteiger partial charge is 0.373 e. The Bertz CT molecular complexity index is 611. The minimum absolute atomic E-state index is 0.205. The number of hydrogen-bond donors (Lipinski definition) is 1. The van der Waals surface area contributed by atoms with Gasteiger partial charge in [0.1, 0.15) is 5.75 Å². The summed E-state index contributed by atoms with van der Waals surface area (Å²) in [5, 5.41) is 8.88. The molecule has 19 heavy (non-hydrogen) atoms. The molecule has 2 rings (SSSR count). The highest BCUT2D eigenvalue weighted by atomic mass is 16.5. The molecule has 5 nitrogen and oxygen atoms in total. The maximum absolute atomic E-state index is 10.8. The SMILES string of the molecule is CCOc1ccc(-c2ccnc(C(=O)O)n2)cc1C. The fourth-order valence-electron chi connectivity index (χ4n) is 1.75. The number of aromatic carboxylic acids is 1. The van der Waals surface area contributed by atoms with Crippen LogP contribution in [0.2, 0.25) is 0 Å². The van der Waals surface area contributed by atoms with E-state index in [9.17, 15) is 4.79 Å². The molecule has 0 unspecified atom stereocenters. The van der Waals surface area contributed by atoms with Gasteiger partial charge in [-0.25, -0.2) is 14.8 Å². The van der Waals surface area contributed by atoms with Crippen LogP contribution in [0.3, 0.4) is 0 Å². The highest BCUT2D eigenvalue weighted by Gasteiger charge is 2.09. The zero-order valence-electron chi connectivity index (χ0n) is 10.8. The maximum Gasteiger partial charge on any atom is 0.373 e. The Morgan fingerprint density at radius 3 is 2.79 bits per heavy atom. The third kappa shape index (κ3) is 2.88. The Balaban J connectivity index is 2.39. The standard InChI is InChI=1S/C14H14N2O3/c1-3-19-12-5-4-10(8-9(12)2)11-6-7-15-13(16-11)14(17)18/h4-8H,3H2,1-2H3,(H,17,18). The van der Waals surface area contributed by atoms with E-state index in [-0.39, 0.29) is 5.82 Å². The van der Waals surface area contributed by atoms with E-state index in [1.165, 1.54) is 6.20 Å². The zero-order chi connectivity index (χ0) is 13.8. The Morgan fingerprint density at radius 2 is 2.16 bits per heavy atom. The maximum atomic E-state index is 10.8. The van der Waals surface area contributed by atoms with Gasteiger partial charge in [-0.2, -0.15) is 0 Å². The summed E-state index contributed by atoms with van der Waals surface area (Å²) in [6, 6.07) is 7.31. The first-order valence-electron chi connectivity index (χ1n) is 5.92. The van der Waals surface area contributed by atoms with Crippen LogP contribution in [-0.2, 0) is 0 Å². The van der Waals surface area contributed by atoms with Gasteiger partial charge < -0.3 is 9.84 Å². The second-order valence-corrected chi connectivity index (χ2v) is 3.98. The number of nitrogens with zero attached hydrogens (tertiary/aromatic N) is 2. The van der Waals surface area contributed by atoms with Crippen LogP contribution in [0, 0.1) is 6.92 Å². The van der Waals surface area contributed by atoms with Crippen LogP contribution in [-0.4, -0.2) is 27.7 Å². The van der Waals surface area contributed by atoms with Gasteiger partial charge in [0.2, 0.25) is 5.82 Å². The molecule has 0 bridgehead atoms. The van der Waals surface area contributed by atoms with Crippen molar-refractivity contribution in [2.75, 3.05) is 6.61 Å². The van der Waals surface area contributed by atoms with Crippen LogP contribution in [0.15, 0.2) is 30.5 Å². The molecule has 2 aromatic rings. The number of benzene rings is 1. The molecule has 1 heterocycles. The van der Waals surface area contributed by atoms with E-state index >= 15 is 0 Å². The fourth-order valence-corrected chi connectivity index (χ4v) is 1.75. The molecule has 0 saturated heterocycles. The number of hydrogen-bond acceptors (Lipinski definition) is 4. The lowest BCUT2D eigenvalue weighted by Crippen LogP contribution is -2.04. The number of carboxylic acid groups (broad SMARTS) is 1. The number of ether oxygens (including phenoxy) is 1. The summed E-state index contributed by atoms with van der Waals surface area (Å²) in [7, 11) is 0. The minimum Gasteiger partial charge on any atom is -0.494 e. The van der Waals surface area contributed by atoms with Crippen molar-refractivity contribution in [2.24, 2.45) is 0 Å². The molecule has 0 aliphatic rings. The number of carbonyl (C=O) groups is 1. The van der Waals surface area contributed by atoms with Gasteiger partial charge in [0.25, 0.3) is 0 Å². The second kappa shape index (κ2) is 5.48. The van der Waals surface area contributed by atoms with Crippen molar-refractivity contribution in [2.45, 2.75) is 13.8 Å². The molecule has 0 atom stereocenters. The van der Waals surface area contributed by atoms with E-state index in [0.29, 0.717) is 12.3 Å². The predicted octanol–water partition coefficient (Wildman–Crippen LogP) is 2.55. The van der Waals surface area contributed by atoms with Gasteiger partial charge in [-0.1, -0.05) is 0 Å². The van der Waals surface area contributed by atoms with Crippen LogP contribution in [0.5, 0.6) is 5.75 Å². The first-order valence-corrected chi connectivity index (χ1v) is 5.92. The summed E-state index contributed by atoms with van der Waals surface area (Å²) in [4.78, 5) is 18.6. The highest BCUT2D eigenvalue weighted by molar-refractivity contribution is 5.83. The van der Waals surface area contributed by atoms with E-state index < -0.39 is 5.97 Å². The molecule has 1 aromatic heterocycles. The largest absolute Gasteiger partial charge is 0.494 e. The van der Waals surface area contributed by atoms with Crippen LogP contribution in [0.25, 0.3) is 11.3 Å². The van der Waals surface area contributed by atoms with E-state index in [1.54, 1.807) is 6.07 Å². The van der Waals surface area contributed by atoms with Crippen molar-refractivity contribution < 1.29 is 14.6 Å². The van der Waals surface area contributed by atoms with E-state index in [2.05, 4.69) is 9.97 Å². The van der Waals surface area contributed by atoms with E-state index in [4.69, 9.17) is 9.84 Å². The molecule has 0 spiro atoms. The quantitative estimate of drug-likeness (QED) is 0.912. The lowest BCUT2D eigenvalue weighted by molar-refractivity contribution is 0.0683. The van der Waals surface area contributed by atoms with Crippen molar-refractivity contribution in [3.05, 3.63) is 41.9 Å². The fraction of sp³-hybridized carbons (Fsp3) is 0.214. The summed E-state index contributed by atoms with van der Waals surface area (Å²) in [5.74, 6) is -0.521. The molecule has 0 aliphatic heterocycles. The highest BCUT2D eigenvalue weighted by Crippen LogP contribution is 2.24. The molecule has 98 valence electrons. The summed E-state index contributed by atoms with van der Waals surface area (Å²) in [6.07, 6.45) is 1.44. The Kier molecular flexibility index (Phi) is 3.75. The molecular weight excluding hydrogens is 244 g/mol. The summed E-state index contributed by atoms with van der Waals surface area (Å²) in [6.45, 7) is 4.47. The van der Waals surface area contributed by atoms with Gasteiger partial charge >= 0.3 is 5.97 Å². The van der Waals surface area contributed by atoms with Crippen LogP contribution >= 0.6 is 0 Å². The van der Waals surface area contributed by atoms with Gasteiger partial charge in [-0.15, -0.1) is 0 Å². The molecule has 0 aliphatic carbocycles. The molecule has 0 amide bonds. The van der Waals surface area contributed by atoms with Crippen molar-refractivity contribution in [1.29, 1.82) is 0 Å². The lowest BCUT2D eigenvalue weighted by Gasteiger charge is -2.09. The Morgan fingerprint density at radius 1 is 1.37 bits per heavy atom. The van der Waals surface area contributed by atoms with Gasteiger partial charge in [-0.3, -0.25) is 0 Å². The normalized spacial score (nSPS) is 10.2. The zero-order valence-corrected chi connectivity index (χ0v) is 10.8. The Hall–Kier alpha value is -2.43. The van der Waals surface area contributed by atoms with Crippen LogP contribution in [0.1, 0.15) is 23.1 Å². The number of rotatable bonds is 4.